The minimum atomic E-state index is -0.825. The number of fused-ring (bicyclic) bond motifs is 1. The summed E-state index contributed by atoms with van der Waals surface area (Å²) >= 11 is 0. The lowest BCUT2D eigenvalue weighted by molar-refractivity contribution is -0.345. The van der Waals surface area contributed by atoms with Crippen molar-refractivity contribution in [2.45, 2.75) is 56.9 Å². The van der Waals surface area contributed by atoms with Crippen LogP contribution in [0.15, 0.2) is 30.3 Å². The van der Waals surface area contributed by atoms with Crippen molar-refractivity contribution in [1.82, 2.24) is 5.32 Å². The van der Waals surface area contributed by atoms with Crippen LogP contribution in [0.3, 0.4) is 0 Å². The molecule has 0 radical (unpaired) electrons. The van der Waals surface area contributed by atoms with Crippen molar-refractivity contribution < 1.29 is 38.0 Å². The van der Waals surface area contributed by atoms with Crippen molar-refractivity contribution in [3.05, 3.63) is 35.9 Å². The largest absolute Gasteiger partial charge is 0.457 e. The summed E-state index contributed by atoms with van der Waals surface area (Å²) in [5.41, 5.74) is 0.841. The molecule has 29 heavy (non-hydrogen) atoms. The minimum Gasteiger partial charge on any atom is -0.457 e. The van der Waals surface area contributed by atoms with Crippen molar-refractivity contribution >= 4 is 11.9 Å². The molecule has 1 aromatic rings. The number of hydrogen-bond acceptors (Lipinski definition) is 8. The fourth-order valence-electron chi connectivity index (χ4n) is 3.58. The molecule has 0 aliphatic carbocycles. The molecule has 3 aliphatic heterocycles. The Labute approximate surface area is 168 Å². The van der Waals surface area contributed by atoms with Gasteiger partial charge in [-0.2, -0.15) is 0 Å². The highest BCUT2D eigenvalue weighted by molar-refractivity contribution is 5.73. The van der Waals surface area contributed by atoms with Crippen LogP contribution in [0.2, 0.25) is 0 Å². The fraction of sp³-hybridized carbons (Fsp3) is 0.600. The zero-order valence-electron chi connectivity index (χ0n) is 16.3. The van der Waals surface area contributed by atoms with Gasteiger partial charge in [-0.05, 0) is 0 Å². The van der Waals surface area contributed by atoms with E-state index in [1.165, 1.54) is 13.8 Å². The van der Waals surface area contributed by atoms with Crippen LogP contribution in [-0.2, 0) is 38.0 Å². The molecule has 3 fully saturated rings. The van der Waals surface area contributed by atoms with Crippen LogP contribution in [-0.4, -0.2) is 68.4 Å². The van der Waals surface area contributed by atoms with Crippen molar-refractivity contribution in [2.24, 2.45) is 0 Å². The third kappa shape index (κ3) is 4.93. The van der Waals surface area contributed by atoms with Gasteiger partial charge in [0.25, 0.3) is 0 Å². The molecule has 1 unspecified atom stereocenters. The number of amides is 1. The number of hydrogen-bond donors (Lipinski definition) is 1. The predicted molar refractivity (Wildman–Crippen MR) is 97.5 cm³/mol. The molecule has 9 heteroatoms. The standard InChI is InChI=1S/C20H25NO8/c1-11(22)21-16-18(27-12(2)23)17-15(28-20(16)25-9-14-8-24-14)10-26-19(29-17)13-6-4-3-5-7-13/h3-7,14-20H,8-10H2,1-2H3,(H,21,22)/t14-,15-,16-,17-,18-,19?,20-/m1/s1. The van der Waals surface area contributed by atoms with E-state index in [0.29, 0.717) is 13.2 Å². The Kier molecular flexibility index (Phi) is 6.12. The summed E-state index contributed by atoms with van der Waals surface area (Å²) in [6, 6.07) is 8.73. The molecule has 158 valence electrons. The van der Waals surface area contributed by atoms with E-state index in [0.717, 1.165) is 5.56 Å². The van der Waals surface area contributed by atoms with E-state index in [1.807, 2.05) is 30.3 Å². The van der Waals surface area contributed by atoms with E-state index >= 15 is 0 Å². The van der Waals surface area contributed by atoms with Crippen LogP contribution in [0, 0.1) is 0 Å². The average Bonchev–Trinajstić information content (AvgIpc) is 3.52. The summed E-state index contributed by atoms with van der Waals surface area (Å²) in [5, 5.41) is 2.79. The lowest BCUT2D eigenvalue weighted by Gasteiger charge is -2.48. The first-order valence-corrected chi connectivity index (χ1v) is 9.66. The molecule has 4 rings (SSSR count). The van der Waals surface area contributed by atoms with Crippen LogP contribution in [0.1, 0.15) is 25.7 Å². The van der Waals surface area contributed by atoms with Crippen LogP contribution in [0.25, 0.3) is 0 Å². The second-order valence-electron chi connectivity index (χ2n) is 7.31. The van der Waals surface area contributed by atoms with Gasteiger partial charge < -0.3 is 33.7 Å². The van der Waals surface area contributed by atoms with Crippen molar-refractivity contribution in [1.29, 1.82) is 0 Å². The lowest BCUT2D eigenvalue weighted by Crippen LogP contribution is -2.67. The zero-order chi connectivity index (χ0) is 20.4. The number of carbonyl (C=O) groups is 2. The van der Waals surface area contributed by atoms with Gasteiger partial charge in [-0.15, -0.1) is 0 Å². The van der Waals surface area contributed by atoms with Crippen molar-refractivity contribution in [2.75, 3.05) is 19.8 Å². The minimum absolute atomic E-state index is 0.0165. The molecule has 0 saturated carbocycles. The first-order chi connectivity index (χ1) is 14.0. The van der Waals surface area contributed by atoms with E-state index in [1.54, 1.807) is 0 Å². The molecule has 1 aromatic carbocycles. The maximum Gasteiger partial charge on any atom is 0.303 e. The van der Waals surface area contributed by atoms with Crippen LogP contribution in [0.5, 0.6) is 0 Å². The quantitative estimate of drug-likeness (QED) is 0.542. The first-order valence-electron chi connectivity index (χ1n) is 9.66. The second-order valence-corrected chi connectivity index (χ2v) is 7.31. The van der Waals surface area contributed by atoms with Gasteiger partial charge in [0, 0.05) is 19.4 Å². The Bertz CT molecular complexity index is 724. The van der Waals surface area contributed by atoms with E-state index in [2.05, 4.69) is 5.32 Å². The van der Waals surface area contributed by atoms with Crippen LogP contribution >= 0.6 is 0 Å². The summed E-state index contributed by atoms with van der Waals surface area (Å²) in [4.78, 5) is 23.7. The average molecular weight is 407 g/mol. The molecule has 9 nitrogen and oxygen atoms in total. The third-order valence-corrected chi connectivity index (χ3v) is 4.93. The zero-order valence-corrected chi connectivity index (χ0v) is 16.3. The van der Waals surface area contributed by atoms with E-state index in [9.17, 15) is 9.59 Å². The van der Waals surface area contributed by atoms with Gasteiger partial charge in [0.1, 0.15) is 24.4 Å². The molecule has 3 aliphatic rings. The van der Waals surface area contributed by atoms with Gasteiger partial charge in [-0.1, -0.05) is 30.3 Å². The normalized spacial score (nSPS) is 36.0. The molecule has 0 aromatic heterocycles. The number of epoxide rings is 1. The highest BCUT2D eigenvalue weighted by atomic mass is 16.8. The Morgan fingerprint density at radius 2 is 1.86 bits per heavy atom. The third-order valence-electron chi connectivity index (χ3n) is 4.93. The second kappa shape index (κ2) is 8.76. The number of benzene rings is 1. The molecule has 1 N–H and O–H groups in total. The Morgan fingerprint density at radius 1 is 1.10 bits per heavy atom. The van der Waals surface area contributed by atoms with Gasteiger partial charge in [-0.3, -0.25) is 9.59 Å². The smallest absolute Gasteiger partial charge is 0.303 e. The molecule has 3 saturated heterocycles. The van der Waals surface area contributed by atoms with Gasteiger partial charge in [0.15, 0.2) is 18.7 Å². The van der Waals surface area contributed by atoms with E-state index in [-0.39, 0.29) is 18.6 Å². The summed E-state index contributed by atoms with van der Waals surface area (Å²) < 4.78 is 34.6. The molecule has 3 heterocycles. The molecule has 0 bridgehead atoms. The molecule has 7 atom stereocenters. The summed E-state index contributed by atoms with van der Waals surface area (Å²) in [5.74, 6) is -0.779. The number of esters is 1. The Balaban J connectivity index is 1.56. The summed E-state index contributed by atoms with van der Waals surface area (Å²) in [6.45, 7) is 3.88. The summed E-state index contributed by atoms with van der Waals surface area (Å²) in [7, 11) is 0. The summed E-state index contributed by atoms with van der Waals surface area (Å²) in [6.07, 6.45) is -3.39. The van der Waals surface area contributed by atoms with Crippen LogP contribution in [0.4, 0.5) is 0 Å². The maximum absolute atomic E-state index is 11.8. The van der Waals surface area contributed by atoms with E-state index < -0.39 is 42.9 Å². The van der Waals surface area contributed by atoms with Gasteiger partial charge in [0.05, 0.1) is 19.8 Å². The van der Waals surface area contributed by atoms with Crippen molar-refractivity contribution in [3.63, 3.8) is 0 Å². The first kappa shape index (κ1) is 20.2. The predicted octanol–water partition coefficient (Wildman–Crippen LogP) is 0.677. The monoisotopic (exact) mass is 407 g/mol. The van der Waals surface area contributed by atoms with E-state index in [4.69, 9.17) is 28.4 Å². The van der Waals surface area contributed by atoms with Gasteiger partial charge >= 0.3 is 5.97 Å². The highest BCUT2D eigenvalue weighted by Gasteiger charge is 2.52. The topological polar surface area (TPSA) is 105 Å². The number of carbonyl (C=O) groups excluding carboxylic acids is 2. The van der Waals surface area contributed by atoms with Crippen LogP contribution < -0.4 is 5.32 Å². The molecule has 0 spiro atoms. The molecular weight excluding hydrogens is 382 g/mol. The SMILES string of the molecule is CC(=O)N[C@H]1[C@H](OC[C@H]2CO2)O[C@@H]2COC(c3ccccc3)O[C@H]2[C@@H]1OC(C)=O. The van der Waals surface area contributed by atoms with Crippen molar-refractivity contribution in [3.8, 4) is 0 Å². The Morgan fingerprint density at radius 3 is 2.52 bits per heavy atom. The highest BCUT2D eigenvalue weighted by Crippen LogP contribution is 2.36. The number of nitrogens with one attached hydrogen (secondary N) is 1. The maximum atomic E-state index is 11.8. The molecule has 1 amide bonds. The van der Waals surface area contributed by atoms with Gasteiger partial charge in [0.2, 0.25) is 5.91 Å². The number of ether oxygens (including phenoxy) is 6. The molecular formula is C20H25NO8. The fourth-order valence-corrected chi connectivity index (χ4v) is 3.58. The lowest BCUT2D eigenvalue weighted by atomic mass is 9.95. The van der Waals surface area contributed by atoms with Gasteiger partial charge in [-0.25, -0.2) is 0 Å². The Hall–Kier alpha value is -2.04. The number of rotatable bonds is 6.